The Labute approximate surface area is 137 Å². The summed E-state index contributed by atoms with van der Waals surface area (Å²) in [4.78, 5) is 12.0. The molecule has 23 heavy (non-hydrogen) atoms. The SMILES string of the molecule is CCNC1=CC(Cc2ccc(N)cc2)C(NCC)(C(=O)O)C=C1. The maximum Gasteiger partial charge on any atom is 0.328 e. The van der Waals surface area contributed by atoms with Crippen LogP contribution in [0.4, 0.5) is 5.69 Å². The topological polar surface area (TPSA) is 87.4 Å². The lowest BCUT2D eigenvalue weighted by Gasteiger charge is -2.37. The number of nitrogen functional groups attached to an aromatic ring is 1. The van der Waals surface area contributed by atoms with Gasteiger partial charge < -0.3 is 16.2 Å². The summed E-state index contributed by atoms with van der Waals surface area (Å²) in [5.74, 6) is -1.05. The Bertz CT molecular complexity index is 607. The molecule has 0 heterocycles. The first-order valence-corrected chi connectivity index (χ1v) is 7.99. The standard InChI is InChI=1S/C18H25N3O2/c1-3-20-16-9-10-18(17(22)23,21-4-2)14(12-16)11-13-5-7-15(19)8-6-13/h5-10,12,14,20-21H,3-4,11,19H2,1-2H3,(H,22,23). The molecule has 2 atom stereocenters. The minimum Gasteiger partial charge on any atom is -0.480 e. The second kappa shape index (κ2) is 7.33. The number of carbonyl (C=O) groups is 1. The minimum absolute atomic E-state index is 0.192. The van der Waals surface area contributed by atoms with E-state index >= 15 is 0 Å². The van der Waals surface area contributed by atoms with E-state index < -0.39 is 11.5 Å². The van der Waals surface area contributed by atoms with Crippen LogP contribution in [-0.2, 0) is 11.2 Å². The summed E-state index contributed by atoms with van der Waals surface area (Å²) in [6.45, 7) is 5.32. The molecule has 5 heteroatoms. The van der Waals surface area contributed by atoms with Crippen LogP contribution in [0.15, 0.2) is 48.2 Å². The third-order valence-electron chi connectivity index (χ3n) is 4.13. The first kappa shape index (κ1) is 17.1. The van der Waals surface area contributed by atoms with E-state index in [1.54, 1.807) is 6.08 Å². The Hall–Kier alpha value is -2.27. The molecule has 0 saturated heterocycles. The second-order valence-corrected chi connectivity index (χ2v) is 5.74. The number of nitrogens with two attached hydrogens (primary N) is 1. The molecule has 5 nitrogen and oxygen atoms in total. The first-order chi connectivity index (χ1) is 11.0. The first-order valence-electron chi connectivity index (χ1n) is 7.99. The molecule has 1 aromatic rings. The highest BCUT2D eigenvalue weighted by Gasteiger charge is 2.43. The second-order valence-electron chi connectivity index (χ2n) is 5.74. The van der Waals surface area contributed by atoms with Crippen LogP contribution in [-0.4, -0.2) is 29.7 Å². The summed E-state index contributed by atoms with van der Waals surface area (Å²) in [6, 6.07) is 7.59. The lowest BCUT2D eigenvalue weighted by molar-refractivity contribution is -0.144. The number of hydrogen-bond acceptors (Lipinski definition) is 4. The van der Waals surface area contributed by atoms with Crippen molar-refractivity contribution in [3.63, 3.8) is 0 Å². The summed E-state index contributed by atoms with van der Waals surface area (Å²) in [5, 5.41) is 16.3. The van der Waals surface area contributed by atoms with E-state index in [2.05, 4.69) is 10.6 Å². The largest absolute Gasteiger partial charge is 0.480 e. The fourth-order valence-electron chi connectivity index (χ4n) is 2.99. The van der Waals surface area contributed by atoms with Crippen LogP contribution in [0.2, 0.25) is 0 Å². The van der Waals surface area contributed by atoms with Crippen LogP contribution in [0.5, 0.6) is 0 Å². The lowest BCUT2D eigenvalue weighted by Crippen LogP contribution is -2.57. The monoisotopic (exact) mass is 315 g/mol. The number of carboxylic acids is 1. The molecular formula is C18H25N3O2. The molecule has 0 radical (unpaired) electrons. The number of allylic oxidation sites excluding steroid dienone is 1. The highest BCUT2D eigenvalue weighted by molar-refractivity contribution is 5.83. The highest BCUT2D eigenvalue weighted by Crippen LogP contribution is 2.30. The molecule has 5 N–H and O–H groups in total. The molecule has 0 aliphatic heterocycles. The lowest BCUT2D eigenvalue weighted by atomic mass is 9.76. The smallest absolute Gasteiger partial charge is 0.328 e. The highest BCUT2D eigenvalue weighted by atomic mass is 16.4. The molecule has 0 aromatic heterocycles. The van der Waals surface area contributed by atoms with E-state index in [1.165, 1.54) is 0 Å². The van der Waals surface area contributed by atoms with E-state index in [-0.39, 0.29) is 5.92 Å². The minimum atomic E-state index is -1.09. The van der Waals surface area contributed by atoms with Crippen molar-refractivity contribution in [2.45, 2.75) is 25.8 Å². The molecule has 1 aliphatic rings. The van der Waals surface area contributed by atoms with Crippen LogP contribution in [0.25, 0.3) is 0 Å². The number of carboxylic acid groups (broad SMARTS) is 1. The van der Waals surface area contributed by atoms with Gasteiger partial charge in [-0.25, -0.2) is 4.79 Å². The van der Waals surface area contributed by atoms with Crippen molar-refractivity contribution in [3.8, 4) is 0 Å². The molecule has 0 saturated carbocycles. The number of benzene rings is 1. The summed E-state index contributed by atoms with van der Waals surface area (Å²) in [5.41, 5.74) is 7.37. The van der Waals surface area contributed by atoms with Crippen LogP contribution in [0, 0.1) is 5.92 Å². The van der Waals surface area contributed by atoms with Gasteiger partial charge in [-0.05, 0) is 43.7 Å². The van der Waals surface area contributed by atoms with Crippen LogP contribution in [0.3, 0.4) is 0 Å². The average Bonchev–Trinajstić information content (AvgIpc) is 2.52. The number of likely N-dealkylation sites (N-methyl/N-ethyl adjacent to an activating group) is 2. The molecule has 0 bridgehead atoms. The fraction of sp³-hybridized carbons (Fsp3) is 0.389. The van der Waals surface area contributed by atoms with Gasteiger partial charge in [-0.3, -0.25) is 5.32 Å². The summed E-state index contributed by atoms with van der Waals surface area (Å²) >= 11 is 0. The zero-order chi connectivity index (χ0) is 16.9. The zero-order valence-corrected chi connectivity index (χ0v) is 13.7. The molecule has 0 spiro atoms. The molecular weight excluding hydrogens is 290 g/mol. The Kier molecular flexibility index (Phi) is 5.45. The predicted molar refractivity (Wildman–Crippen MR) is 93.0 cm³/mol. The predicted octanol–water partition coefficient (Wildman–Crippen LogP) is 1.92. The summed E-state index contributed by atoms with van der Waals surface area (Å²) in [7, 11) is 0. The molecule has 1 aromatic carbocycles. The fourth-order valence-corrected chi connectivity index (χ4v) is 2.99. The Balaban J connectivity index is 2.35. The van der Waals surface area contributed by atoms with Crippen molar-refractivity contribution in [3.05, 3.63) is 53.8 Å². The third-order valence-corrected chi connectivity index (χ3v) is 4.13. The van der Waals surface area contributed by atoms with Gasteiger partial charge in [-0.1, -0.05) is 31.2 Å². The van der Waals surface area contributed by atoms with E-state index in [0.29, 0.717) is 18.7 Å². The van der Waals surface area contributed by atoms with Gasteiger partial charge in [0, 0.05) is 23.8 Å². The summed E-state index contributed by atoms with van der Waals surface area (Å²) < 4.78 is 0. The molecule has 0 amide bonds. The van der Waals surface area contributed by atoms with Crippen LogP contribution >= 0.6 is 0 Å². The van der Waals surface area contributed by atoms with Crippen LogP contribution in [0.1, 0.15) is 19.4 Å². The number of rotatable bonds is 7. The quantitative estimate of drug-likeness (QED) is 0.578. The average molecular weight is 315 g/mol. The van der Waals surface area contributed by atoms with Crippen molar-refractivity contribution in [1.82, 2.24) is 10.6 Å². The molecule has 2 unspecified atom stereocenters. The Morgan fingerprint density at radius 2 is 1.96 bits per heavy atom. The van der Waals surface area contributed by atoms with Gasteiger partial charge in [0.25, 0.3) is 0 Å². The van der Waals surface area contributed by atoms with Gasteiger partial charge in [0.2, 0.25) is 0 Å². The maximum atomic E-state index is 12.0. The summed E-state index contributed by atoms with van der Waals surface area (Å²) in [6.07, 6.45) is 6.24. The van der Waals surface area contributed by atoms with Crippen LogP contribution < -0.4 is 16.4 Å². The number of nitrogens with one attached hydrogen (secondary N) is 2. The third kappa shape index (κ3) is 3.74. The molecule has 1 aliphatic carbocycles. The van der Waals surface area contributed by atoms with E-state index in [4.69, 9.17) is 5.73 Å². The van der Waals surface area contributed by atoms with Crippen molar-refractivity contribution >= 4 is 11.7 Å². The number of anilines is 1. The van der Waals surface area contributed by atoms with E-state index in [1.807, 2.05) is 50.3 Å². The van der Waals surface area contributed by atoms with Gasteiger partial charge in [-0.15, -0.1) is 0 Å². The molecule has 0 fully saturated rings. The van der Waals surface area contributed by atoms with Gasteiger partial charge in [-0.2, -0.15) is 0 Å². The van der Waals surface area contributed by atoms with Gasteiger partial charge >= 0.3 is 5.97 Å². The number of hydrogen-bond donors (Lipinski definition) is 4. The van der Waals surface area contributed by atoms with Gasteiger partial charge in [0.1, 0.15) is 5.54 Å². The number of aliphatic carboxylic acids is 1. The molecule has 2 rings (SSSR count). The van der Waals surface area contributed by atoms with E-state index in [0.717, 1.165) is 17.8 Å². The van der Waals surface area contributed by atoms with E-state index in [9.17, 15) is 9.90 Å². The van der Waals surface area contributed by atoms with Crippen molar-refractivity contribution in [2.75, 3.05) is 18.8 Å². The normalized spacial score (nSPS) is 23.4. The molecule has 124 valence electrons. The zero-order valence-electron chi connectivity index (χ0n) is 13.7. The maximum absolute atomic E-state index is 12.0. The Morgan fingerprint density at radius 3 is 2.52 bits per heavy atom. The van der Waals surface area contributed by atoms with Crippen molar-refractivity contribution in [2.24, 2.45) is 5.92 Å². The van der Waals surface area contributed by atoms with Crippen molar-refractivity contribution < 1.29 is 9.90 Å². The van der Waals surface area contributed by atoms with Crippen molar-refractivity contribution in [1.29, 1.82) is 0 Å². The Morgan fingerprint density at radius 1 is 1.26 bits per heavy atom. The van der Waals surface area contributed by atoms with Gasteiger partial charge in [0.05, 0.1) is 0 Å². The van der Waals surface area contributed by atoms with Gasteiger partial charge in [0.15, 0.2) is 0 Å².